The summed E-state index contributed by atoms with van der Waals surface area (Å²) in [7, 11) is -2.17. The lowest BCUT2D eigenvalue weighted by Gasteiger charge is -2.33. The quantitative estimate of drug-likeness (QED) is 0.461. The normalized spacial score (nSPS) is 17.0. The second kappa shape index (κ2) is 10.4. The summed E-state index contributed by atoms with van der Waals surface area (Å²) in [6, 6.07) is 13.8. The fraction of sp³-hybridized carbons (Fsp3) is 0.357. The van der Waals surface area contributed by atoms with Gasteiger partial charge in [-0.15, -0.1) is 0 Å². The average molecular weight is 508 g/mol. The first-order valence-electron chi connectivity index (χ1n) is 12.1. The first kappa shape index (κ1) is 25.9. The van der Waals surface area contributed by atoms with E-state index in [1.54, 1.807) is 24.9 Å². The maximum atomic E-state index is 13.7. The smallest absolute Gasteiger partial charge is 0.248 e. The van der Waals surface area contributed by atoms with Crippen LogP contribution in [-0.4, -0.2) is 43.9 Å². The summed E-state index contributed by atoms with van der Waals surface area (Å²) in [5.74, 6) is -0.315. The van der Waals surface area contributed by atoms with Crippen LogP contribution in [0.1, 0.15) is 46.5 Å². The Hall–Kier alpha value is -3.23. The van der Waals surface area contributed by atoms with Gasteiger partial charge in [0.1, 0.15) is 5.69 Å². The number of piperidine rings is 1. The molecule has 8 heteroatoms. The van der Waals surface area contributed by atoms with E-state index in [0.29, 0.717) is 25.1 Å². The summed E-state index contributed by atoms with van der Waals surface area (Å²) < 4.78 is 34.3. The second-order valence-corrected chi connectivity index (χ2v) is 11.5. The van der Waals surface area contributed by atoms with Gasteiger partial charge >= 0.3 is 0 Å². The van der Waals surface area contributed by atoms with Gasteiger partial charge in [0.25, 0.3) is 0 Å². The molecule has 1 saturated heterocycles. The molecule has 0 unspecified atom stereocenters. The van der Waals surface area contributed by atoms with E-state index in [-0.39, 0.29) is 23.1 Å². The lowest BCUT2D eigenvalue weighted by atomic mass is 9.98. The van der Waals surface area contributed by atoms with Crippen molar-refractivity contribution in [3.05, 3.63) is 76.2 Å². The van der Waals surface area contributed by atoms with Gasteiger partial charge < -0.3 is 9.42 Å². The molecule has 2 aromatic carbocycles. The van der Waals surface area contributed by atoms with Crippen molar-refractivity contribution in [2.24, 2.45) is 5.92 Å². The van der Waals surface area contributed by atoms with Crippen LogP contribution in [0.5, 0.6) is 0 Å². The van der Waals surface area contributed by atoms with E-state index in [1.807, 2.05) is 69.3 Å². The van der Waals surface area contributed by atoms with Crippen molar-refractivity contribution in [3.8, 4) is 0 Å². The molecule has 1 atom stereocenters. The number of hydrogen-bond acceptors (Lipinski definition) is 5. The highest BCUT2D eigenvalue weighted by Crippen LogP contribution is 2.30. The van der Waals surface area contributed by atoms with E-state index < -0.39 is 15.9 Å². The summed E-state index contributed by atoms with van der Waals surface area (Å²) in [6.45, 7) is 8.10. The average Bonchev–Trinajstić information content (AvgIpc) is 3.24. The molecule has 1 aromatic heterocycles. The number of sulfonamides is 1. The summed E-state index contributed by atoms with van der Waals surface area (Å²) >= 11 is 0. The number of carbonyl (C=O) groups is 1. The van der Waals surface area contributed by atoms with Crippen LogP contribution < -0.4 is 4.90 Å². The van der Waals surface area contributed by atoms with Gasteiger partial charge in [-0.05, 0) is 75.4 Å². The van der Waals surface area contributed by atoms with E-state index >= 15 is 0 Å². The monoisotopic (exact) mass is 507 g/mol. The van der Waals surface area contributed by atoms with Crippen molar-refractivity contribution in [1.29, 1.82) is 0 Å². The fourth-order valence-corrected chi connectivity index (χ4v) is 6.41. The largest absolute Gasteiger partial charge is 0.355 e. The Morgan fingerprint density at radius 1 is 1.08 bits per heavy atom. The summed E-state index contributed by atoms with van der Waals surface area (Å²) in [5.41, 5.74) is 5.34. The molecule has 4 rings (SSSR count). The molecular formula is C28H33N3O4S. The number of anilines is 1. The van der Waals surface area contributed by atoms with Crippen molar-refractivity contribution in [1.82, 2.24) is 9.46 Å². The van der Waals surface area contributed by atoms with Gasteiger partial charge in [-0.1, -0.05) is 47.1 Å². The van der Waals surface area contributed by atoms with Gasteiger partial charge in [0.15, 0.2) is 10.7 Å². The predicted molar refractivity (Wildman–Crippen MR) is 142 cm³/mol. The second-order valence-electron chi connectivity index (χ2n) is 9.59. The number of benzene rings is 2. The Morgan fingerprint density at radius 3 is 2.58 bits per heavy atom. The van der Waals surface area contributed by atoms with Crippen molar-refractivity contribution < 1.29 is 17.7 Å². The number of carbonyl (C=O) groups excluding carboxylic acids is 1. The zero-order valence-corrected chi connectivity index (χ0v) is 22.3. The number of amides is 1. The Labute approximate surface area is 213 Å². The minimum absolute atomic E-state index is 0.0594. The molecule has 1 aliphatic heterocycles. The Morgan fingerprint density at radius 2 is 1.83 bits per heavy atom. The minimum Gasteiger partial charge on any atom is -0.355 e. The Kier molecular flexibility index (Phi) is 7.47. The number of aryl methyl sites for hydroxylation is 4. The molecule has 190 valence electrons. The van der Waals surface area contributed by atoms with Crippen LogP contribution in [0.4, 0.5) is 5.69 Å². The van der Waals surface area contributed by atoms with Gasteiger partial charge in [-0.2, -0.15) is 4.31 Å². The van der Waals surface area contributed by atoms with Gasteiger partial charge in [-0.3, -0.25) is 4.79 Å². The highest BCUT2D eigenvalue weighted by Gasteiger charge is 2.37. The first-order valence-corrected chi connectivity index (χ1v) is 13.6. The molecule has 36 heavy (non-hydrogen) atoms. The van der Waals surface area contributed by atoms with Crippen LogP contribution in [0.25, 0.3) is 12.2 Å². The molecular weight excluding hydrogens is 474 g/mol. The van der Waals surface area contributed by atoms with Crippen LogP contribution in [0.3, 0.4) is 0 Å². The minimum atomic E-state index is -3.91. The zero-order chi connectivity index (χ0) is 26.0. The summed E-state index contributed by atoms with van der Waals surface area (Å²) in [6.07, 6.45) is 4.76. The van der Waals surface area contributed by atoms with Gasteiger partial charge in [0, 0.05) is 25.8 Å². The van der Waals surface area contributed by atoms with Crippen molar-refractivity contribution in [3.63, 3.8) is 0 Å². The van der Waals surface area contributed by atoms with Crippen molar-refractivity contribution >= 4 is 33.8 Å². The van der Waals surface area contributed by atoms with Crippen LogP contribution >= 0.6 is 0 Å². The topological polar surface area (TPSA) is 83.7 Å². The number of nitrogens with zero attached hydrogens (tertiary/aromatic N) is 3. The molecule has 1 aliphatic rings. The lowest BCUT2D eigenvalue weighted by Crippen LogP contribution is -2.46. The molecule has 7 nitrogen and oxygen atoms in total. The molecule has 0 aliphatic carbocycles. The van der Waals surface area contributed by atoms with Gasteiger partial charge in [-0.25, -0.2) is 8.42 Å². The summed E-state index contributed by atoms with van der Waals surface area (Å²) in [4.78, 5) is 15.0. The highest BCUT2D eigenvalue weighted by atomic mass is 32.2. The third-order valence-electron chi connectivity index (χ3n) is 6.73. The van der Waals surface area contributed by atoms with E-state index in [2.05, 4.69) is 5.16 Å². The maximum absolute atomic E-state index is 13.7. The molecule has 1 fully saturated rings. The predicted octanol–water partition coefficient (Wildman–Crippen LogP) is 5.14. The molecule has 0 saturated carbocycles. The third-order valence-corrected chi connectivity index (χ3v) is 8.76. The number of aromatic nitrogens is 1. The van der Waals surface area contributed by atoms with Crippen molar-refractivity contribution in [2.45, 2.75) is 45.4 Å². The first-order chi connectivity index (χ1) is 17.1. The van der Waals surface area contributed by atoms with Crippen LogP contribution in [0.2, 0.25) is 0 Å². The fourth-order valence-electron chi connectivity index (χ4n) is 4.63. The molecule has 1 amide bonds. The third kappa shape index (κ3) is 5.29. The maximum Gasteiger partial charge on any atom is 0.248 e. The van der Waals surface area contributed by atoms with Crippen LogP contribution in [-0.2, 0) is 14.8 Å². The van der Waals surface area contributed by atoms with E-state index in [0.717, 1.165) is 27.9 Å². The number of hydrogen-bond donors (Lipinski definition) is 0. The van der Waals surface area contributed by atoms with Gasteiger partial charge in [0.2, 0.25) is 15.9 Å². The van der Waals surface area contributed by atoms with E-state index in [9.17, 15) is 13.2 Å². The number of rotatable bonds is 6. The highest BCUT2D eigenvalue weighted by molar-refractivity contribution is 7.89. The standard InChI is InChI=1S/C28H33N3O4S/c1-19-8-6-10-25(17-19)30(5)28(32)24-9-7-15-31(18-24)36(33,34)27-22(4)29-35-26(27)14-13-23-16-20(2)11-12-21(23)3/h6,8,10-14,16-17,24H,7,9,15,18H2,1-5H3/b14-13+/t24-/m0/s1. The zero-order valence-electron chi connectivity index (χ0n) is 21.5. The Balaban J connectivity index is 1.58. The molecule has 0 spiro atoms. The SMILES string of the molecule is Cc1cccc(N(C)C(=O)[C@H]2CCCN(S(=O)(=O)c3c(C)noc3/C=C/c3cc(C)ccc3C)C2)c1. The van der Waals surface area contributed by atoms with Crippen molar-refractivity contribution in [2.75, 3.05) is 25.0 Å². The molecule has 2 heterocycles. The molecule has 0 radical (unpaired) electrons. The van der Waals surface area contributed by atoms with Crippen LogP contribution in [0.15, 0.2) is 51.9 Å². The molecule has 0 bridgehead atoms. The van der Waals surface area contributed by atoms with E-state index in [1.165, 1.54) is 4.31 Å². The van der Waals surface area contributed by atoms with Crippen LogP contribution in [0, 0.1) is 33.6 Å². The van der Waals surface area contributed by atoms with Gasteiger partial charge in [0.05, 0.1) is 5.92 Å². The Bertz CT molecular complexity index is 1410. The molecule has 0 N–H and O–H groups in total. The molecule has 3 aromatic rings. The van der Waals surface area contributed by atoms with E-state index in [4.69, 9.17) is 4.52 Å². The lowest BCUT2D eigenvalue weighted by molar-refractivity contribution is -0.123. The summed E-state index contributed by atoms with van der Waals surface area (Å²) in [5, 5.41) is 3.95.